The predicted molar refractivity (Wildman–Crippen MR) is 143 cm³/mol. The van der Waals surface area contributed by atoms with Gasteiger partial charge in [-0.1, -0.05) is 20.8 Å². The van der Waals surface area contributed by atoms with Crippen molar-refractivity contribution in [2.75, 3.05) is 19.6 Å². The standard InChI is InChI=1S/C29H34FN5O4/c1-28(2,3)21-14-22(17-6-8-20(30)9-7-17)32-35-15-23(31-24(21)35)26(37)34-11-10-33(16-29(34,4)5)25(36)18-12-19(13-18)27(38)39/h6-9,14-15,18-19H,10-13,16H2,1-5H3,(H,38,39). The molecule has 1 aliphatic carbocycles. The summed E-state index contributed by atoms with van der Waals surface area (Å²) in [7, 11) is 0. The van der Waals surface area contributed by atoms with Gasteiger partial charge in [0.15, 0.2) is 5.65 Å². The molecule has 1 aliphatic heterocycles. The van der Waals surface area contributed by atoms with Crippen LogP contribution in [0.25, 0.3) is 16.9 Å². The third-order valence-electron chi connectivity index (χ3n) is 7.89. The average Bonchev–Trinajstić information content (AvgIpc) is 3.25. The summed E-state index contributed by atoms with van der Waals surface area (Å²) in [6, 6.07) is 8.07. The molecule has 206 valence electrons. The number of carbonyl (C=O) groups is 3. The Labute approximate surface area is 226 Å². The lowest BCUT2D eigenvalue weighted by atomic mass is 9.74. The molecule has 0 spiro atoms. The summed E-state index contributed by atoms with van der Waals surface area (Å²) in [6.07, 6.45) is 2.38. The summed E-state index contributed by atoms with van der Waals surface area (Å²) in [6.45, 7) is 11.1. The van der Waals surface area contributed by atoms with Gasteiger partial charge in [-0.05, 0) is 62.4 Å². The van der Waals surface area contributed by atoms with Crippen molar-refractivity contribution in [2.45, 2.75) is 58.4 Å². The Morgan fingerprint density at radius 3 is 2.31 bits per heavy atom. The van der Waals surface area contributed by atoms with Crippen LogP contribution in [0, 0.1) is 17.7 Å². The molecule has 39 heavy (non-hydrogen) atoms. The van der Waals surface area contributed by atoms with Crippen molar-refractivity contribution in [2.24, 2.45) is 11.8 Å². The highest BCUT2D eigenvalue weighted by Gasteiger charge is 2.45. The third-order valence-corrected chi connectivity index (χ3v) is 7.89. The first kappa shape index (κ1) is 26.8. The normalized spacial score (nSPS) is 21.1. The second kappa shape index (κ2) is 9.43. The Bertz CT molecular complexity index is 1450. The molecule has 0 radical (unpaired) electrons. The number of carboxylic acids is 1. The molecular formula is C29H34FN5O4. The lowest BCUT2D eigenvalue weighted by Gasteiger charge is -2.48. The fourth-order valence-corrected chi connectivity index (χ4v) is 5.53. The van der Waals surface area contributed by atoms with E-state index in [1.54, 1.807) is 32.6 Å². The molecule has 3 heterocycles. The quantitative estimate of drug-likeness (QED) is 0.541. The predicted octanol–water partition coefficient (Wildman–Crippen LogP) is 4.01. The van der Waals surface area contributed by atoms with Crippen LogP contribution in [-0.4, -0.2) is 72.5 Å². The summed E-state index contributed by atoms with van der Waals surface area (Å²) in [4.78, 5) is 46.1. The zero-order valence-corrected chi connectivity index (χ0v) is 22.9. The average molecular weight is 536 g/mol. The molecule has 0 unspecified atom stereocenters. The summed E-state index contributed by atoms with van der Waals surface area (Å²) in [5.41, 5.74) is 2.23. The van der Waals surface area contributed by atoms with Crippen molar-refractivity contribution >= 4 is 23.4 Å². The van der Waals surface area contributed by atoms with Crippen molar-refractivity contribution in [3.63, 3.8) is 0 Å². The molecule has 1 N–H and O–H groups in total. The summed E-state index contributed by atoms with van der Waals surface area (Å²) < 4.78 is 15.1. The molecule has 1 saturated carbocycles. The van der Waals surface area contributed by atoms with Crippen LogP contribution in [0.4, 0.5) is 4.39 Å². The number of amides is 2. The number of imidazole rings is 1. The van der Waals surface area contributed by atoms with E-state index in [1.165, 1.54) is 12.1 Å². The van der Waals surface area contributed by atoms with Gasteiger partial charge in [-0.25, -0.2) is 13.9 Å². The molecule has 9 nitrogen and oxygen atoms in total. The number of nitrogens with zero attached hydrogens (tertiary/aromatic N) is 5. The van der Waals surface area contributed by atoms with Crippen LogP contribution >= 0.6 is 0 Å². The first-order valence-corrected chi connectivity index (χ1v) is 13.2. The molecule has 2 fully saturated rings. The Hall–Kier alpha value is -3.82. The highest BCUT2D eigenvalue weighted by Crippen LogP contribution is 2.36. The van der Waals surface area contributed by atoms with Gasteiger partial charge in [-0.2, -0.15) is 5.10 Å². The summed E-state index contributed by atoms with van der Waals surface area (Å²) in [5, 5.41) is 13.8. The van der Waals surface area contributed by atoms with E-state index in [0.717, 1.165) is 11.1 Å². The number of piperazine rings is 1. The number of rotatable bonds is 4. The van der Waals surface area contributed by atoms with Gasteiger partial charge in [-0.15, -0.1) is 0 Å². The van der Waals surface area contributed by atoms with Crippen LogP contribution in [-0.2, 0) is 15.0 Å². The van der Waals surface area contributed by atoms with E-state index < -0.39 is 17.4 Å². The minimum absolute atomic E-state index is 0.0345. The van der Waals surface area contributed by atoms with Crippen LogP contribution < -0.4 is 0 Å². The van der Waals surface area contributed by atoms with E-state index in [9.17, 15) is 18.8 Å². The minimum atomic E-state index is -0.851. The maximum absolute atomic E-state index is 13.7. The smallest absolute Gasteiger partial charge is 0.306 e. The number of carbonyl (C=O) groups excluding carboxylic acids is 2. The molecule has 2 aromatic heterocycles. The van der Waals surface area contributed by atoms with E-state index in [4.69, 9.17) is 10.1 Å². The van der Waals surface area contributed by atoms with E-state index in [-0.39, 0.29) is 34.7 Å². The Morgan fingerprint density at radius 2 is 1.72 bits per heavy atom. The van der Waals surface area contributed by atoms with Gasteiger partial charge in [0.05, 0.1) is 23.3 Å². The van der Waals surface area contributed by atoms with Crippen LogP contribution in [0.5, 0.6) is 0 Å². The molecule has 1 aromatic carbocycles. The zero-order valence-electron chi connectivity index (χ0n) is 22.9. The lowest BCUT2D eigenvalue weighted by Crippen LogP contribution is -2.63. The van der Waals surface area contributed by atoms with E-state index in [0.29, 0.717) is 43.8 Å². The highest BCUT2D eigenvalue weighted by atomic mass is 19.1. The Kier molecular flexibility index (Phi) is 6.47. The molecular weight excluding hydrogens is 501 g/mol. The number of benzene rings is 1. The molecule has 1 saturated heterocycles. The molecule has 10 heteroatoms. The Balaban J connectivity index is 1.40. The SMILES string of the molecule is CC(C)(C)c1cc(-c2ccc(F)cc2)nn2cc(C(=O)N3CCN(C(=O)C4CC(C(=O)O)C4)CC3(C)C)nc12. The monoisotopic (exact) mass is 535 g/mol. The molecule has 0 bridgehead atoms. The zero-order chi connectivity index (χ0) is 28.3. The van der Waals surface area contributed by atoms with E-state index in [2.05, 4.69) is 25.9 Å². The van der Waals surface area contributed by atoms with E-state index in [1.807, 2.05) is 19.9 Å². The topological polar surface area (TPSA) is 108 Å². The van der Waals surface area contributed by atoms with Gasteiger partial charge < -0.3 is 14.9 Å². The number of halogens is 1. The van der Waals surface area contributed by atoms with Crippen LogP contribution in [0.3, 0.4) is 0 Å². The second-order valence-corrected chi connectivity index (χ2v) is 12.3. The van der Waals surface area contributed by atoms with Crippen molar-refractivity contribution in [3.05, 3.63) is 53.6 Å². The first-order chi connectivity index (χ1) is 18.2. The number of aromatic nitrogens is 3. The number of aliphatic carboxylic acids is 1. The van der Waals surface area contributed by atoms with E-state index >= 15 is 0 Å². The third kappa shape index (κ3) is 4.99. The molecule has 2 amide bonds. The minimum Gasteiger partial charge on any atom is -0.481 e. The number of hydrogen-bond acceptors (Lipinski definition) is 5. The molecule has 2 aliphatic rings. The molecule has 5 rings (SSSR count). The molecule has 0 atom stereocenters. The van der Waals surface area contributed by atoms with Crippen molar-refractivity contribution < 1.29 is 23.9 Å². The first-order valence-electron chi connectivity index (χ1n) is 13.2. The molecule has 3 aromatic rings. The van der Waals surface area contributed by atoms with Crippen LogP contribution in [0.2, 0.25) is 0 Å². The number of hydrogen-bond donors (Lipinski definition) is 1. The van der Waals surface area contributed by atoms with Crippen molar-refractivity contribution in [1.82, 2.24) is 24.4 Å². The van der Waals surface area contributed by atoms with Crippen molar-refractivity contribution in [1.29, 1.82) is 0 Å². The largest absolute Gasteiger partial charge is 0.481 e. The van der Waals surface area contributed by atoms with Gasteiger partial charge >= 0.3 is 5.97 Å². The lowest BCUT2D eigenvalue weighted by molar-refractivity contribution is -0.153. The van der Waals surface area contributed by atoms with Gasteiger partial charge in [0.1, 0.15) is 11.5 Å². The highest BCUT2D eigenvalue weighted by molar-refractivity contribution is 5.94. The van der Waals surface area contributed by atoms with Crippen molar-refractivity contribution in [3.8, 4) is 11.3 Å². The fraction of sp³-hybridized carbons (Fsp3) is 0.483. The van der Waals surface area contributed by atoms with Crippen LogP contribution in [0.15, 0.2) is 36.5 Å². The second-order valence-electron chi connectivity index (χ2n) is 12.3. The Morgan fingerprint density at radius 1 is 1.05 bits per heavy atom. The number of fused-ring (bicyclic) bond motifs is 1. The summed E-state index contributed by atoms with van der Waals surface area (Å²) in [5.74, 6) is -2.16. The van der Waals surface area contributed by atoms with Gasteiger partial charge in [-0.3, -0.25) is 14.4 Å². The van der Waals surface area contributed by atoms with Gasteiger partial charge in [0.25, 0.3) is 5.91 Å². The maximum Gasteiger partial charge on any atom is 0.306 e. The number of carboxylic acid groups (broad SMARTS) is 1. The van der Waals surface area contributed by atoms with Gasteiger partial charge in [0, 0.05) is 36.7 Å². The maximum atomic E-state index is 13.7. The van der Waals surface area contributed by atoms with Crippen LogP contribution in [0.1, 0.15) is 63.5 Å². The fourth-order valence-electron chi connectivity index (χ4n) is 5.53. The van der Waals surface area contributed by atoms with Gasteiger partial charge in [0.2, 0.25) is 5.91 Å². The summed E-state index contributed by atoms with van der Waals surface area (Å²) >= 11 is 0.